The number of rotatable bonds is 4. The first-order valence-electron chi connectivity index (χ1n) is 9.54. The van der Waals surface area contributed by atoms with E-state index < -0.39 is 0 Å². The summed E-state index contributed by atoms with van der Waals surface area (Å²) in [5.74, 6) is 0.870. The first kappa shape index (κ1) is 18.8. The fourth-order valence-corrected chi connectivity index (χ4v) is 4.34. The molecule has 0 aliphatic carbocycles. The van der Waals surface area contributed by atoms with E-state index in [2.05, 4.69) is 70.3 Å². The fourth-order valence-electron chi connectivity index (χ4n) is 3.41. The summed E-state index contributed by atoms with van der Waals surface area (Å²) >= 11 is 1.69. The predicted octanol–water partition coefficient (Wildman–Crippen LogP) is 3.65. The molecule has 1 fully saturated rings. The van der Waals surface area contributed by atoms with E-state index in [9.17, 15) is 0 Å². The number of methoxy groups -OCH3 is 1. The van der Waals surface area contributed by atoms with Crippen molar-refractivity contribution in [3.05, 3.63) is 64.3 Å². The summed E-state index contributed by atoms with van der Waals surface area (Å²) in [6.45, 7) is 6.17. The number of piperazine rings is 1. The van der Waals surface area contributed by atoms with Crippen LogP contribution < -0.4 is 14.5 Å². The van der Waals surface area contributed by atoms with Gasteiger partial charge in [-0.1, -0.05) is 12.1 Å². The Morgan fingerprint density at radius 3 is 2.43 bits per heavy atom. The predicted molar refractivity (Wildman–Crippen MR) is 116 cm³/mol. The minimum absolute atomic E-state index is 0.870. The average Bonchev–Trinajstić information content (AvgIpc) is 3.12. The van der Waals surface area contributed by atoms with Crippen LogP contribution in [0.1, 0.15) is 5.56 Å². The normalized spacial score (nSPS) is 15.8. The van der Waals surface area contributed by atoms with Gasteiger partial charge in [-0.2, -0.15) is 0 Å². The van der Waals surface area contributed by atoms with Gasteiger partial charge in [0.2, 0.25) is 4.80 Å². The van der Waals surface area contributed by atoms with E-state index in [0.717, 1.165) is 42.4 Å². The first-order chi connectivity index (χ1) is 13.6. The van der Waals surface area contributed by atoms with Crippen molar-refractivity contribution in [3.63, 3.8) is 0 Å². The van der Waals surface area contributed by atoms with Crippen molar-refractivity contribution in [1.29, 1.82) is 0 Å². The molecule has 1 saturated heterocycles. The van der Waals surface area contributed by atoms with Crippen molar-refractivity contribution in [2.75, 3.05) is 45.3 Å². The molecule has 4 rings (SSSR count). The van der Waals surface area contributed by atoms with Crippen molar-refractivity contribution < 1.29 is 4.74 Å². The molecule has 0 radical (unpaired) electrons. The van der Waals surface area contributed by atoms with E-state index in [4.69, 9.17) is 9.73 Å². The summed E-state index contributed by atoms with van der Waals surface area (Å²) in [5, 5.41) is 4.61. The van der Waals surface area contributed by atoms with Gasteiger partial charge in [-0.05, 0) is 55.9 Å². The molecule has 2 aromatic carbocycles. The molecule has 0 unspecified atom stereocenters. The summed E-state index contributed by atoms with van der Waals surface area (Å²) in [7, 11) is 3.88. The quantitative estimate of drug-likeness (QED) is 0.677. The third kappa shape index (κ3) is 3.98. The maximum atomic E-state index is 5.32. The number of hydrogen-bond donors (Lipinski definition) is 0. The van der Waals surface area contributed by atoms with Crippen LogP contribution in [0, 0.1) is 6.92 Å². The zero-order valence-corrected chi connectivity index (χ0v) is 17.4. The standard InChI is InChI=1S/C22H26N4OS/c1-17-5-4-6-19(15-17)23-22-26(25-13-11-24(2)12-14-25)21(16-28-22)18-7-9-20(27-3)10-8-18/h4-10,15-16H,11-14H2,1-3H3. The monoisotopic (exact) mass is 394 g/mol. The van der Waals surface area contributed by atoms with E-state index in [-0.39, 0.29) is 0 Å². The third-order valence-corrected chi connectivity index (χ3v) is 5.88. The Bertz CT molecular complexity index is 998. The number of aromatic nitrogens is 1. The number of nitrogens with zero attached hydrogens (tertiary/aromatic N) is 4. The molecule has 0 bridgehead atoms. The number of ether oxygens (including phenoxy) is 1. The zero-order valence-electron chi connectivity index (χ0n) is 16.6. The maximum Gasteiger partial charge on any atom is 0.209 e. The van der Waals surface area contributed by atoms with Crippen LogP contribution in [-0.2, 0) is 0 Å². The first-order valence-corrected chi connectivity index (χ1v) is 10.4. The highest BCUT2D eigenvalue weighted by Crippen LogP contribution is 2.24. The molecule has 0 spiro atoms. The van der Waals surface area contributed by atoms with Gasteiger partial charge in [0.15, 0.2) is 0 Å². The van der Waals surface area contributed by atoms with Crippen molar-refractivity contribution in [3.8, 4) is 17.0 Å². The minimum Gasteiger partial charge on any atom is -0.497 e. The Morgan fingerprint density at radius 1 is 1.00 bits per heavy atom. The summed E-state index contributed by atoms with van der Waals surface area (Å²) < 4.78 is 7.61. The van der Waals surface area contributed by atoms with Crippen molar-refractivity contribution in [2.24, 2.45) is 4.99 Å². The summed E-state index contributed by atoms with van der Waals surface area (Å²) in [6.07, 6.45) is 0. The van der Waals surface area contributed by atoms with Crippen LogP contribution in [0.2, 0.25) is 0 Å². The topological polar surface area (TPSA) is 33.0 Å². The third-order valence-electron chi connectivity index (χ3n) is 5.06. The van der Waals surface area contributed by atoms with Gasteiger partial charge in [0.25, 0.3) is 0 Å². The largest absolute Gasteiger partial charge is 0.497 e. The van der Waals surface area contributed by atoms with Crippen LogP contribution in [0.15, 0.2) is 58.9 Å². The molecule has 28 heavy (non-hydrogen) atoms. The summed E-state index contributed by atoms with van der Waals surface area (Å²) in [4.78, 5) is 8.35. The van der Waals surface area contributed by atoms with Crippen LogP contribution in [0.3, 0.4) is 0 Å². The van der Waals surface area contributed by atoms with E-state index >= 15 is 0 Å². The lowest BCUT2D eigenvalue weighted by Crippen LogP contribution is -2.52. The molecule has 0 saturated carbocycles. The molecule has 2 heterocycles. The van der Waals surface area contributed by atoms with Crippen molar-refractivity contribution in [2.45, 2.75) is 6.92 Å². The SMILES string of the molecule is COc1ccc(-c2csc(=Nc3cccc(C)c3)n2N2CCN(C)CC2)cc1. The highest BCUT2D eigenvalue weighted by atomic mass is 32.1. The smallest absolute Gasteiger partial charge is 0.209 e. The summed E-state index contributed by atoms with van der Waals surface area (Å²) in [6, 6.07) is 16.6. The number of thiazole rings is 1. The van der Waals surface area contributed by atoms with Gasteiger partial charge in [-0.25, -0.2) is 9.67 Å². The Kier molecular flexibility index (Phi) is 5.50. The van der Waals surface area contributed by atoms with Gasteiger partial charge in [0.1, 0.15) is 5.75 Å². The van der Waals surface area contributed by atoms with Gasteiger partial charge < -0.3 is 14.6 Å². The Labute approximate surface area is 170 Å². The molecule has 1 aromatic heterocycles. The highest BCUT2D eigenvalue weighted by Gasteiger charge is 2.19. The minimum atomic E-state index is 0.870. The van der Waals surface area contributed by atoms with Crippen molar-refractivity contribution >= 4 is 17.0 Å². The van der Waals surface area contributed by atoms with Crippen LogP contribution in [0.4, 0.5) is 5.69 Å². The van der Waals surface area contributed by atoms with Crippen LogP contribution in [0.25, 0.3) is 11.3 Å². The molecule has 0 amide bonds. The molecule has 146 valence electrons. The molecular formula is C22H26N4OS. The molecular weight excluding hydrogens is 368 g/mol. The van der Waals surface area contributed by atoms with Gasteiger partial charge >= 0.3 is 0 Å². The lowest BCUT2D eigenvalue weighted by molar-refractivity contribution is 0.287. The lowest BCUT2D eigenvalue weighted by Gasteiger charge is -2.35. The van der Waals surface area contributed by atoms with Crippen molar-refractivity contribution in [1.82, 2.24) is 9.58 Å². The average molecular weight is 395 g/mol. The van der Waals surface area contributed by atoms with E-state index in [1.165, 1.54) is 16.8 Å². The van der Waals surface area contributed by atoms with Crippen LogP contribution in [-0.4, -0.2) is 49.9 Å². The van der Waals surface area contributed by atoms with E-state index in [1.54, 1.807) is 18.4 Å². The molecule has 5 nitrogen and oxygen atoms in total. The zero-order chi connectivity index (χ0) is 19.5. The second kappa shape index (κ2) is 8.20. The highest BCUT2D eigenvalue weighted by molar-refractivity contribution is 7.07. The second-order valence-corrected chi connectivity index (χ2v) is 7.99. The second-order valence-electron chi connectivity index (χ2n) is 7.15. The number of likely N-dealkylation sites (N-methyl/N-ethyl adjacent to an activating group) is 1. The molecule has 1 aliphatic rings. The Hall–Kier alpha value is -2.57. The maximum absolute atomic E-state index is 5.32. The number of benzene rings is 2. The Balaban J connectivity index is 1.81. The fraction of sp³-hybridized carbons (Fsp3) is 0.318. The summed E-state index contributed by atoms with van der Waals surface area (Å²) in [5.41, 5.74) is 4.55. The molecule has 0 atom stereocenters. The number of hydrogen-bond acceptors (Lipinski definition) is 5. The van der Waals surface area contributed by atoms with Gasteiger partial charge in [-0.3, -0.25) is 0 Å². The molecule has 0 N–H and O–H groups in total. The van der Waals surface area contributed by atoms with E-state index in [1.807, 2.05) is 12.1 Å². The van der Waals surface area contributed by atoms with Gasteiger partial charge in [-0.15, -0.1) is 11.3 Å². The Morgan fingerprint density at radius 2 is 1.75 bits per heavy atom. The van der Waals surface area contributed by atoms with Gasteiger partial charge in [0.05, 0.1) is 18.5 Å². The molecule has 6 heteroatoms. The van der Waals surface area contributed by atoms with Gasteiger partial charge in [0, 0.05) is 37.1 Å². The van der Waals surface area contributed by atoms with Crippen LogP contribution in [0.5, 0.6) is 5.75 Å². The number of aryl methyl sites for hydroxylation is 1. The lowest BCUT2D eigenvalue weighted by atomic mass is 10.1. The molecule has 1 aliphatic heterocycles. The van der Waals surface area contributed by atoms with E-state index in [0.29, 0.717) is 0 Å². The molecule has 3 aromatic rings. The van der Waals surface area contributed by atoms with Crippen LogP contribution >= 0.6 is 11.3 Å².